The molecule has 150 valence electrons. The second-order valence-electron chi connectivity index (χ2n) is 7.32. The van der Waals surface area contributed by atoms with Gasteiger partial charge in [0.2, 0.25) is 5.91 Å². The maximum Gasteiger partial charge on any atom is 0.224 e. The van der Waals surface area contributed by atoms with Crippen molar-refractivity contribution in [3.63, 3.8) is 0 Å². The van der Waals surface area contributed by atoms with Gasteiger partial charge < -0.3 is 21.7 Å². The fourth-order valence-corrected chi connectivity index (χ4v) is 3.64. The van der Waals surface area contributed by atoms with Crippen LogP contribution in [-0.2, 0) is 11.2 Å². The zero-order valence-corrected chi connectivity index (χ0v) is 15.7. The number of carbonyl (C=O) groups is 1. The van der Waals surface area contributed by atoms with Gasteiger partial charge in [-0.1, -0.05) is 30.3 Å². The van der Waals surface area contributed by atoms with Crippen LogP contribution in [0.3, 0.4) is 0 Å². The van der Waals surface area contributed by atoms with E-state index in [9.17, 15) is 13.6 Å². The molecule has 1 aliphatic rings. The highest BCUT2D eigenvalue weighted by Crippen LogP contribution is 2.21. The molecule has 1 aliphatic heterocycles. The first-order chi connectivity index (χ1) is 13.4. The highest BCUT2D eigenvalue weighted by Gasteiger charge is 2.33. The Labute approximate surface area is 163 Å². The van der Waals surface area contributed by atoms with Crippen molar-refractivity contribution >= 4 is 11.6 Å². The Hall–Kier alpha value is -2.51. The van der Waals surface area contributed by atoms with Crippen LogP contribution in [0.2, 0.25) is 0 Å². The summed E-state index contributed by atoms with van der Waals surface area (Å²) >= 11 is 0. The molecule has 1 heterocycles. The average molecular weight is 388 g/mol. The number of anilines is 1. The number of amides is 1. The predicted molar refractivity (Wildman–Crippen MR) is 106 cm³/mol. The van der Waals surface area contributed by atoms with Crippen LogP contribution in [0.5, 0.6) is 0 Å². The molecule has 1 unspecified atom stereocenters. The van der Waals surface area contributed by atoms with Gasteiger partial charge in [-0.15, -0.1) is 0 Å². The fourth-order valence-electron chi connectivity index (χ4n) is 3.64. The smallest absolute Gasteiger partial charge is 0.224 e. The first-order valence-corrected chi connectivity index (χ1v) is 9.46. The molecule has 0 aromatic heterocycles. The van der Waals surface area contributed by atoms with E-state index in [1.165, 1.54) is 12.1 Å². The number of halogens is 2. The van der Waals surface area contributed by atoms with E-state index >= 15 is 0 Å². The van der Waals surface area contributed by atoms with Crippen LogP contribution < -0.4 is 16.8 Å². The summed E-state index contributed by atoms with van der Waals surface area (Å²) in [5.41, 5.74) is 13.0. The van der Waals surface area contributed by atoms with Crippen LogP contribution in [0.25, 0.3) is 0 Å². The minimum absolute atomic E-state index is 0.108. The molecule has 5 N–H and O–H groups in total. The highest BCUT2D eigenvalue weighted by atomic mass is 19.1. The lowest BCUT2D eigenvalue weighted by atomic mass is 10.0. The summed E-state index contributed by atoms with van der Waals surface area (Å²) in [5, 5.41) is 3.06. The molecule has 0 saturated carbocycles. The van der Waals surface area contributed by atoms with Crippen LogP contribution in [0, 0.1) is 11.6 Å². The third kappa shape index (κ3) is 5.05. The summed E-state index contributed by atoms with van der Waals surface area (Å²) in [6.07, 6.45) is 1.03. The van der Waals surface area contributed by atoms with Gasteiger partial charge in [-0.05, 0) is 36.6 Å². The van der Waals surface area contributed by atoms with Crippen molar-refractivity contribution in [3.05, 3.63) is 65.7 Å². The molecule has 28 heavy (non-hydrogen) atoms. The van der Waals surface area contributed by atoms with Crippen molar-refractivity contribution in [1.29, 1.82) is 0 Å². The molecule has 3 atom stereocenters. The molecule has 2 aromatic rings. The zero-order valence-electron chi connectivity index (χ0n) is 15.7. The van der Waals surface area contributed by atoms with Crippen LogP contribution in [0.1, 0.15) is 18.4 Å². The highest BCUT2D eigenvalue weighted by molar-refractivity contribution is 5.77. The second-order valence-corrected chi connectivity index (χ2v) is 7.32. The SMILES string of the molecule is N[C@@H]1CC(CNc2ccccc2F)N(C(=O)C[C@H](N)Cc2ccccc2F)C1. The van der Waals surface area contributed by atoms with Crippen LogP contribution >= 0.6 is 0 Å². The van der Waals surface area contributed by atoms with Crippen molar-refractivity contribution in [2.75, 3.05) is 18.4 Å². The third-order valence-electron chi connectivity index (χ3n) is 5.05. The first kappa shape index (κ1) is 20.2. The predicted octanol–water partition coefficient (Wildman–Crippen LogP) is 2.26. The van der Waals surface area contributed by atoms with E-state index in [-0.39, 0.29) is 42.5 Å². The minimum Gasteiger partial charge on any atom is -0.381 e. The van der Waals surface area contributed by atoms with Gasteiger partial charge in [0.05, 0.1) is 11.7 Å². The molecule has 0 aliphatic carbocycles. The Morgan fingerprint density at radius 3 is 2.54 bits per heavy atom. The second kappa shape index (κ2) is 9.12. The summed E-state index contributed by atoms with van der Waals surface area (Å²) in [7, 11) is 0. The fraction of sp³-hybridized carbons (Fsp3) is 0.381. The Morgan fingerprint density at radius 1 is 1.14 bits per heavy atom. The Bertz CT molecular complexity index is 816. The van der Waals surface area contributed by atoms with Crippen molar-refractivity contribution in [1.82, 2.24) is 4.90 Å². The zero-order chi connectivity index (χ0) is 20.1. The van der Waals surface area contributed by atoms with Gasteiger partial charge in [0.15, 0.2) is 0 Å². The monoisotopic (exact) mass is 388 g/mol. The normalized spacial score (nSPS) is 20.2. The summed E-state index contributed by atoms with van der Waals surface area (Å²) < 4.78 is 27.6. The van der Waals surface area contributed by atoms with Crippen molar-refractivity contribution in [2.45, 2.75) is 37.4 Å². The number of nitrogens with zero attached hydrogens (tertiary/aromatic N) is 1. The van der Waals surface area contributed by atoms with Crippen molar-refractivity contribution < 1.29 is 13.6 Å². The molecule has 7 heteroatoms. The quantitative estimate of drug-likeness (QED) is 0.679. The van der Waals surface area contributed by atoms with Gasteiger partial charge in [-0.3, -0.25) is 4.79 Å². The minimum atomic E-state index is -0.485. The molecule has 1 saturated heterocycles. The topological polar surface area (TPSA) is 84.4 Å². The van der Waals surface area contributed by atoms with Crippen molar-refractivity contribution in [2.24, 2.45) is 11.5 Å². The molecule has 0 radical (unpaired) electrons. The molecule has 1 fully saturated rings. The summed E-state index contributed by atoms with van der Waals surface area (Å²) in [6.45, 7) is 0.845. The molecule has 1 amide bonds. The van der Waals surface area contributed by atoms with Crippen LogP contribution in [0.4, 0.5) is 14.5 Å². The number of hydrogen-bond donors (Lipinski definition) is 3. The average Bonchev–Trinajstić information content (AvgIpc) is 3.04. The standard InChI is InChI=1S/C21H26F2N4O/c22-18-6-2-1-5-14(18)9-15(24)11-21(28)27-13-16(25)10-17(27)12-26-20-8-4-3-7-19(20)23/h1-8,15-17,26H,9-13,24-25H2/t15-,16-,17?/m1/s1. The Balaban J connectivity index is 1.58. The number of nitrogens with one attached hydrogen (secondary N) is 1. The van der Waals surface area contributed by atoms with E-state index in [1.54, 1.807) is 41.3 Å². The molecular weight excluding hydrogens is 362 g/mol. The van der Waals surface area contributed by atoms with Gasteiger partial charge in [0.1, 0.15) is 11.6 Å². The van der Waals surface area contributed by atoms with E-state index in [0.717, 1.165) is 0 Å². The van der Waals surface area contributed by atoms with E-state index in [0.29, 0.717) is 30.8 Å². The van der Waals surface area contributed by atoms with E-state index in [1.807, 2.05) is 0 Å². The Kier molecular flexibility index (Phi) is 6.59. The maximum atomic E-state index is 13.8. The maximum absolute atomic E-state index is 13.8. The number of hydrogen-bond acceptors (Lipinski definition) is 4. The number of para-hydroxylation sites is 1. The van der Waals surface area contributed by atoms with E-state index in [4.69, 9.17) is 11.5 Å². The lowest BCUT2D eigenvalue weighted by Crippen LogP contribution is -2.42. The Morgan fingerprint density at radius 2 is 1.82 bits per heavy atom. The van der Waals surface area contributed by atoms with Gasteiger partial charge in [-0.25, -0.2) is 8.78 Å². The number of rotatable bonds is 7. The largest absolute Gasteiger partial charge is 0.381 e. The van der Waals surface area contributed by atoms with Crippen LogP contribution in [0.15, 0.2) is 48.5 Å². The van der Waals surface area contributed by atoms with Gasteiger partial charge in [-0.2, -0.15) is 0 Å². The lowest BCUT2D eigenvalue weighted by molar-refractivity contribution is -0.132. The molecule has 2 aromatic carbocycles. The summed E-state index contributed by atoms with van der Waals surface area (Å²) in [4.78, 5) is 14.5. The van der Waals surface area contributed by atoms with Gasteiger partial charge in [0.25, 0.3) is 0 Å². The van der Waals surface area contributed by atoms with E-state index < -0.39 is 6.04 Å². The summed E-state index contributed by atoms with van der Waals surface area (Å²) in [6, 6.07) is 12.1. The summed E-state index contributed by atoms with van der Waals surface area (Å²) in [5.74, 6) is -0.771. The van der Waals surface area contributed by atoms with Crippen LogP contribution in [-0.4, -0.2) is 42.0 Å². The molecule has 0 bridgehead atoms. The van der Waals surface area contributed by atoms with Gasteiger partial charge in [0, 0.05) is 31.6 Å². The lowest BCUT2D eigenvalue weighted by Gasteiger charge is -2.26. The van der Waals surface area contributed by atoms with Gasteiger partial charge >= 0.3 is 0 Å². The molecular formula is C21H26F2N4O. The molecule has 3 rings (SSSR count). The third-order valence-corrected chi connectivity index (χ3v) is 5.05. The van der Waals surface area contributed by atoms with E-state index in [2.05, 4.69) is 5.32 Å². The number of likely N-dealkylation sites (tertiary alicyclic amines) is 1. The first-order valence-electron chi connectivity index (χ1n) is 9.46. The molecule has 5 nitrogen and oxygen atoms in total. The number of benzene rings is 2. The number of nitrogens with two attached hydrogens (primary N) is 2. The van der Waals surface area contributed by atoms with Crippen molar-refractivity contribution in [3.8, 4) is 0 Å². The number of carbonyl (C=O) groups excluding carboxylic acids is 1. The molecule has 0 spiro atoms.